The van der Waals surface area contributed by atoms with Crippen LogP contribution in [0.1, 0.15) is 22.3 Å². The summed E-state index contributed by atoms with van der Waals surface area (Å²) in [6, 6.07) is 5.56. The van der Waals surface area contributed by atoms with Gasteiger partial charge in [-0.05, 0) is 18.2 Å². The van der Waals surface area contributed by atoms with Crippen molar-refractivity contribution in [3.8, 4) is 17.9 Å². The minimum atomic E-state index is -0.447. The molecule has 0 aliphatic heterocycles. The van der Waals surface area contributed by atoms with Crippen LogP contribution in [-0.4, -0.2) is 6.29 Å². The van der Waals surface area contributed by atoms with E-state index in [1.807, 2.05) is 6.07 Å². The largest absolute Gasteiger partial charge is 0.298 e. The molecule has 0 aliphatic rings. The predicted molar refractivity (Wildman–Crippen MR) is 48.9 cm³/mol. The number of benzene rings is 1. The van der Waals surface area contributed by atoms with Crippen molar-refractivity contribution in [2.24, 2.45) is 0 Å². The number of carbonyl (C=O) groups is 1. The monoisotopic (exact) mass is 187 g/mol. The molecule has 0 unspecified atom stereocenters. The van der Waals surface area contributed by atoms with Crippen LogP contribution in [0, 0.1) is 29.0 Å². The second-order valence-electron chi connectivity index (χ2n) is 2.49. The van der Waals surface area contributed by atoms with Gasteiger partial charge in [-0.15, -0.1) is 0 Å². The van der Waals surface area contributed by atoms with Gasteiger partial charge in [-0.2, -0.15) is 5.26 Å². The fourth-order valence-corrected chi connectivity index (χ4v) is 0.918. The van der Waals surface area contributed by atoms with Crippen molar-refractivity contribution < 1.29 is 9.18 Å². The van der Waals surface area contributed by atoms with Gasteiger partial charge in [0.05, 0.1) is 12.5 Å². The van der Waals surface area contributed by atoms with Crippen LogP contribution >= 0.6 is 0 Å². The third kappa shape index (κ3) is 2.43. The van der Waals surface area contributed by atoms with Gasteiger partial charge in [-0.1, -0.05) is 11.8 Å². The number of carbonyl (C=O) groups excluding carboxylic acids is 1. The molecule has 0 fully saturated rings. The number of nitrogens with zero attached hydrogens (tertiary/aromatic N) is 1. The first-order valence-corrected chi connectivity index (χ1v) is 3.88. The molecule has 3 heteroatoms. The van der Waals surface area contributed by atoms with Crippen LogP contribution in [0.5, 0.6) is 0 Å². The Morgan fingerprint density at radius 3 is 2.93 bits per heavy atom. The molecule has 68 valence electrons. The molecule has 14 heavy (non-hydrogen) atoms. The van der Waals surface area contributed by atoms with E-state index in [2.05, 4.69) is 11.8 Å². The molecule has 0 radical (unpaired) electrons. The summed E-state index contributed by atoms with van der Waals surface area (Å²) in [5, 5.41) is 8.23. The van der Waals surface area contributed by atoms with Crippen molar-refractivity contribution in [1.29, 1.82) is 5.26 Å². The highest BCUT2D eigenvalue weighted by Gasteiger charge is 1.99. The first kappa shape index (κ1) is 9.95. The van der Waals surface area contributed by atoms with Gasteiger partial charge in [0.25, 0.3) is 0 Å². The van der Waals surface area contributed by atoms with E-state index >= 15 is 0 Å². The summed E-state index contributed by atoms with van der Waals surface area (Å²) < 4.78 is 12.7. The Balaban J connectivity index is 3.08. The lowest BCUT2D eigenvalue weighted by Crippen LogP contribution is -1.88. The molecule has 0 bridgehead atoms. The smallest absolute Gasteiger partial charge is 0.151 e. The van der Waals surface area contributed by atoms with Gasteiger partial charge in [-0.3, -0.25) is 4.79 Å². The Kier molecular flexibility index (Phi) is 3.41. The summed E-state index contributed by atoms with van der Waals surface area (Å²) in [5.74, 6) is 4.63. The Morgan fingerprint density at radius 2 is 2.29 bits per heavy atom. The van der Waals surface area contributed by atoms with Gasteiger partial charge in [0.2, 0.25) is 0 Å². The van der Waals surface area contributed by atoms with E-state index in [-0.39, 0.29) is 6.42 Å². The highest BCUT2D eigenvalue weighted by molar-refractivity contribution is 5.79. The van der Waals surface area contributed by atoms with E-state index in [4.69, 9.17) is 5.26 Å². The summed E-state index contributed by atoms with van der Waals surface area (Å²) in [5.41, 5.74) is 0.645. The van der Waals surface area contributed by atoms with Gasteiger partial charge in [0.1, 0.15) is 5.82 Å². The SMILES string of the molecule is N#CCC#Cc1cc(F)ccc1C=O. The second-order valence-corrected chi connectivity index (χ2v) is 2.49. The average Bonchev–Trinajstić information content (AvgIpc) is 2.19. The Labute approximate surface area is 81.0 Å². The van der Waals surface area contributed by atoms with Gasteiger partial charge >= 0.3 is 0 Å². The molecular weight excluding hydrogens is 181 g/mol. The molecule has 0 amide bonds. The minimum absolute atomic E-state index is 0.0643. The molecule has 0 N–H and O–H groups in total. The molecule has 0 heterocycles. The normalized spacial score (nSPS) is 8.29. The van der Waals surface area contributed by atoms with Crippen molar-refractivity contribution in [2.75, 3.05) is 0 Å². The maximum atomic E-state index is 12.7. The molecular formula is C11H6FNO. The van der Waals surface area contributed by atoms with Gasteiger partial charge in [0, 0.05) is 11.1 Å². The van der Waals surface area contributed by atoms with E-state index in [0.717, 1.165) is 0 Å². The maximum absolute atomic E-state index is 12.7. The summed E-state index contributed by atoms with van der Waals surface area (Å²) in [7, 11) is 0. The molecule has 0 saturated carbocycles. The fraction of sp³-hybridized carbons (Fsp3) is 0.0909. The van der Waals surface area contributed by atoms with Crippen molar-refractivity contribution in [2.45, 2.75) is 6.42 Å². The quantitative estimate of drug-likeness (QED) is 0.497. The molecule has 1 aromatic carbocycles. The maximum Gasteiger partial charge on any atom is 0.151 e. The van der Waals surface area contributed by atoms with Crippen LogP contribution in [0.3, 0.4) is 0 Å². The van der Waals surface area contributed by atoms with Crippen LogP contribution in [-0.2, 0) is 0 Å². The third-order valence-corrected chi connectivity index (χ3v) is 1.53. The molecule has 0 aromatic heterocycles. The van der Waals surface area contributed by atoms with Crippen molar-refractivity contribution >= 4 is 6.29 Å². The third-order valence-electron chi connectivity index (χ3n) is 1.53. The molecule has 0 spiro atoms. The van der Waals surface area contributed by atoms with Crippen LogP contribution in [0.4, 0.5) is 4.39 Å². The summed E-state index contributed by atoms with van der Waals surface area (Å²) in [6.07, 6.45) is 0.671. The van der Waals surface area contributed by atoms with Crippen LogP contribution in [0.15, 0.2) is 18.2 Å². The zero-order chi connectivity index (χ0) is 10.4. The van der Waals surface area contributed by atoms with E-state index in [0.29, 0.717) is 17.4 Å². The van der Waals surface area contributed by atoms with Crippen LogP contribution in [0.25, 0.3) is 0 Å². The Morgan fingerprint density at radius 1 is 1.50 bits per heavy atom. The standard InChI is InChI=1S/C11H6FNO/c12-11-5-4-10(8-14)9(7-11)3-1-2-6-13/h4-5,7-8H,2H2. The van der Waals surface area contributed by atoms with Crippen LogP contribution < -0.4 is 0 Å². The molecule has 1 aromatic rings. The van der Waals surface area contributed by atoms with E-state index in [1.54, 1.807) is 0 Å². The first-order valence-electron chi connectivity index (χ1n) is 3.88. The lowest BCUT2D eigenvalue weighted by molar-refractivity contribution is 0.112. The van der Waals surface area contributed by atoms with E-state index in [1.165, 1.54) is 18.2 Å². The number of halogens is 1. The lowest BCUT2D eigenvalue weighted by atomic mass is 10.1. The number of rotatable bonds is 1. The number of nitriles is 1. The van der Waals surface area contributed by atoms with Gasteiger partial charge < -0.3 is 0 Å². The molecule has 0 saturated heterocycles. The zero-order valence-corrected chi connectivity index (χ0v) is 7.25. The summed E-state index contributed by atoms with van der Waals surface area (Å²) >= 11 is 0. The molecule has 0 aliphatic carbocycles. The lowest BCUT2D eigenvalue weighted by Gasteiger charge is -1.95. The summed E-state index contributed by atoms with van der Waals surface area (Å²) in [4.78, 5) is 10.5. The molecule has 0 atom stereocenters. The topological polar surface area (TPSA) is 40.9 Å². The zero-order valence-electron chi connectivity index (χ0n) is 7.25. The number of hydrogen-bond acceptors (Lipinski definition) is 2. The summed E-state index contributed by atoms with van der Waals surface area (Å²) in [6.45, 7) is 0. The Hall–Kier alpha value is -2.13. The Bertz CT molecular complexity index is 449. The van der Waals surface area contributed by atoms with E-state index < -0.39 is 5.82 Å². The minimum Gasteiger partial charge on any atom is -0.298 e. The van der Waals surface area contributed by atoms with Crippen LogP contribution in [0.2, 0.25) is 0 Å². The second kappa shape index (κ2) is 4.79. The van der Waals surface area contributed by atoms with Gasteiger partial charge in [0.15, 0.2) is 6.29 Å². The molecule has 2 nitrogen and oxygen atoms in total. The van der Waals surface area contributed by atoms with E-state index in [9.17, 15) is 9.18 Å². The predicted octanol–water partition coefficient (Wildman–Crippen LogP) is 1.90. The van der Waals surface area contributed by atoms with Gasteiger partial charge in [-0.25, -0.2) is 4.39 Å². The first-order chi connectivity index (χ1) is 6.77. The average molecular weight is 187 g/mol. The number of aldehydes is 1. The highest BCUT2D eigenvalue weighted by atomic mass is 19.1. The van der Waals surface area contributed by atoms with Crippen molar-refractivity contribution in [3.63, 3.8) is 0 Å². The highest BCUT2D eigenvalue weighted by Crippen LogP contribution is 2.07. The fourth-order valence-electron chi connectivity index (χ4n) is 0.918. The molecule has 1 rings (SSSR count). The van der Waals surface area contributed by atoms with Crippen molar-refractivity contribution in [1.82, 2.24) is 0 Å². The van der Waals surface area contributed by atoms with Crippen molar-refractivity contribution in [3.05, 3.63) is 35.1 Å². The number of hydrogen-bond donors (Lipinski definition) is 0.